The molecular weight excluding hydrogens is 142 g/mol. The zero-order chi connectivity index (χ0) is 8.69. The van der Waals surface area contributed by atoms with E-state index in [0.29, 0.717) is 6.54 Å². The van der Waals surface area contributed by atoms with E-state index in [-0.39, 0.29) is 12.6 Å². The molecule has 0 spiro atoms. The minimum Gasteiger partial charge on any atom is -0.394 e. The molecule has 0 aliphatic rings. The van der Waals surface area contributed by atoms with Gasteiger partial charge in [-0.15, -0.1) is 6.42 Å². The molecule has 0 aromatic heterocycles. The Labute approximate surface area is 67.4 Å². The second-order valence-electron chi connectivity index (χ2n) is 2.37. The Morgan fingerprint density at radius 2 is 2.27 bits per heavy atom. The molecule has 0 bridgehead atoms. The highest BCUT2D eigenvalue weighted by atomic mass is 16.3. The van der Waals surface area contributed by atoms with Crippen molar-refractivity contribution in [3.8, 4) is 12.3 Å². The van der Waals surface area contributed by atoms with Crippen molar-refractivity contribution in [3.05, 3.63) is 0 Å². The third-order valence-corrected chi connectivity index (χ3v) is 1.42. The summed E-state index contributed by atoms with van der Waals surface area (Å²) in [5.41, 5.74) is 0. The summed E-state index contributed by atoms with van der Waals surface area (Å²) in [7, 11) is 0. The summed E-state index contributed by atoms with van der Waals surface area (Å²) in [5.74, 6) is 2.53. The van der Waals surface area contributed by atoms with Crippen molar-refractivity contribution in [2.45, 2.75) is 25.5 Å². The summed E-state index contributed by atoms with van der Waals surface area (Å²) in [5, 5.41) is 20.3. The summed E-state index contributed by atoms with van der Waals surface area (Å²) >= 11 is 0. The maximum Gasteiger partial charge on any atom is 0.0895 e. The number of aliphatic hydroxyl groups is 2. The lowest BCUT2D eigenvalue weighted by molar-refractivity contribution is 0.0932. The van der Waals surface area contributed by atoms with Crippen LogP contribution in [-0.2, 0) is 0 Å². The van der Waals surface area contributed by atoms with Crippen LogP contribution in [0.25, 0.3) is 0 Å². The molecule has 0 rings (SSSR count). The van der Waals surface area contributed by atoms with Gasteiger partial charge in [0.2, 0.25) is 0 Å². The molecule has 0 amide bonds. The topological polar surface area (TPSA) is 52.5 Å². The molecule has 3 heteroatoms. The first kappa shape index (κ1) is 10.4. The molecule has 3 nitrogen and oxygen atoms in total. The average molecular weight is 157 g/mol. The normalized spacial score (nSPS) is 15.5. The number of rotatable bonds is 5. The molecule has 64 valence electrons. The van der Waals surface area contributed by atoms with Gasteiger partial charge in [-0.25, -0.2) is 0 Å². The fourth-order valence-electron chi connectivity index (χ4n) is 0.664. The highest BCUT2D eigenvalue weighted by Crippen LogP contribution is 1.88. The van der Waals surface area contributed by atoms with Gasteiger partial charge < -0.3 is 15.5 Å². The summed E-state index contributed by atoms with van der Waals surface area (Å²) < 4.78 is 0. The quantitative estimate of drug-likeness (QED) is 0.464. The molecule has 11 heavy (non-hydrogen) atoms. The summed E-state index contributed by atoms with van der Waals surface area (Å²) in [4.78, 5) is 0. The highest BCUT2D eigenvalue weighted by molar-refractivity contribution is 4.97. The van der Waals surface area contributed by atoms with Crippen molar-refractivity contribution in [3.63, 3.8) is 0 Å². The number of terminal acetylenes is 1. The molecule has 0 aliphatic heterocycles. The number of nitrogens with one attached hydrogen (secondary N) is 1. The zero-order valence-corrected chi connectivity index (χ0v) is 6.75. The Balaban J connectivity index is 3.44. The molecule has 0 heterocycles. The Morgan fingerprint density at radius 3 is 2.64 bits per heavy atom. The van der Waals surface area contributed by atoms with Crippen LogP contribution in [0.5, 0.6) is 0 Å². The maximum absolute atomic E-state index is 8.92. The zero-order valence-electron chi connectivity index (χ0n) is 6.75. The molecule has 0 aromatic rings. The minimum absolute atomic E-state index is 0.00352. The Hall–Kier alpha value is -0.560. The first-order valence-electron chi connectivity index (χ1n) is 3.73. The van der Waals surface area contributed by atoms with Crippen molar-refractivity contribution in [1.82, 2.24) is 5.32 Å². The largest absolute Gasteiger partial charge is 0.394 e. The van der Waals surface area contributed by atoms with E-state index in [1.54, 1.807) is 0 Å². The standard InChI is InChI=1S/C8H15NO2/c1-3-7(4-2)9-5-8(11)6-10/h1,7-11H,4-6H2,2H3. The first-order chi connectivity index (χ1) is 5.24. The molecule has 2 atom stereocenters. The van der Waals surface area contributed by atoms with Crippen LogP contribution in [0.4, 0.5) is 0 Å². The fourth-order valence-corrected chi connectivity index (χ4v) is 0.664. The number of hydrogen-bond acceptors (Lipinski definition) is 3. The van der Waals surface area contributed by atoms with Gasteiger partial charge in [0.1, 0.15) is 0 Å². The summed E-state index contributed by atoms with van der Waals surface area (Å²) in [6, 6.07) is -0.00352. The van der Waals surface area contributed by atoms with Gasteiger partial charge in [0.15, 0.2) is 0 Å². The third-order valence-electron chi connectivity index (χ3n) is 1.42. The molecule has 2 unspecified atom stereocenters. The van der Waals surface area contributed by atoms with E-state index < -0.39 is 6.10 Å². The van der Waals surface area contributed by atoms with E-state index in [4.69, 9.17) is 16.6 Å². The van der Waals surface area contributed by atoms with E-state index in [2.05, 4.69) is 11.2 Å². The molecule has 0 aromatic carbocycles. The maximum atomic E-state index is 8.92. The fraction of sp³-hybridized carbons (Fsp3) is 0.750. The number of hydrogen-bond donors (Lipinski definition) is 3. The number of aliphatic hydroxyl groups excluding tert-OH is 2. The van der Waals surface area contributed by atoms with Crippen LogP contribution in [0.2, 0.25) is 0 Å². The van der Waals surface area contributed by atoms with E-state index in [1.165, 1.54) is 0 Å². The second kappa shape index (κ2) is 6.17. The molecule has 0 saturated heterocycles. The van der Waals surface area contributed by atoms with Crippen LogP contribution in [0.3, 0.4) is 0 Å². The molecule has 3 N–H and O–H groups in total. The molecule has 0 saturated carbocycles. The Morgan fingerprint density at radius 1 is 1.64 bits per heavy atom. The lowest BCUT2D eigenvalue weighted by Gasteiger charge is -2.12. The van der Waals surface area contributed by atoms with Crippen molar-refractivity contribution < 1.29 is 10.2 Å². The van der Waals surface area contributed by atoms with E-state index in [9.17, 15) is 0 Å². The van der Waals surface area contributed by atoms with E-state index in [0.717, 1.165) is 6.42 Å². The Bertz CT molecular complexity index is 131. The van der Waals surface area contributed by atoms with Gasteiger partial charge in [0.05, 0.1) is 18.8 Å². The second-order valence-corrected chi connectivity index (χ2v) is 2.37. The van der Waals surface area contributed by atoms with Gasteiger partial charge in [-0.2, -0.15) is 0 Å². The average Bonchev–Trinajstić information content (AvgIpc) is 2.06. The molecule has 0 aliphatic carbocycles. The van der Waals surface area contributed by atoms with Crippen molar-refractivity contribution in [1.29, 1.82) is 0 Å². The predicted molar refractivity (Wildman–Crippen MR) is 44.0 cm³/mol. The smallest absolute Gasteiger partial charge is 0.0895 e. The SMILES string of the molecule is C#CC(CC)NCC(O)CO. The summed E-state index contributed by atoms with van der Waals surface area (Å²) in [6.07, 6.45) is 5.27. The van der Waals surface area contributed by atoms with Crippen LogP contribution >= 0.6 is 0 Å². The van der Waals surface area contributed by atoms with Crippen LogP contribution in [0.15, 0.2) is 0 Å². The van der Waals surface area contributed by atoms with Crippen molar-refractivity contribution >= 4 is 0 Å². The molecular formula is C8H15NO2. The molecule has 0 fully saturated rings. The lowest BCUT2D eigenvalue weighted by atomic mass is 10.2. The van der Waals surface area contributed by atoms with Crippen molar-refractivity contribution in [2.75, 3.05) is 13.2 Å². The van der Waals surface area contributed by atoms with Crippen LogP contribution in [-0.4, -0.2) is 35.5 Å². The van der Waals surface area contributed by atoms with Crippen LogP contribution in [0, 0.1) is 12.3 Å². The lowest BCUT2D eigenvalue weighted by Crippen LogP contribution is -2.35. The van der Waals surface area contributed by atoms with Crippen LogP contribution < -0.4 is 5.32 Å². The van der Waals surface area contributed by atoms with E-state index >= 15 is 0 Å². The monoisotopic (exact) mass is 157 g/mol. The van der Waals surface area contributed by atoms with Crippen LogP contribution in [0.1, 0.15) is 13.3 Å². The van der Waals surface area contributed by atoms with Gasteiger partial charge in [0.25, 0.3) is 0 Å². The highest BCUT2D eigenvalue weighted by Gasteiger charge is 2.04. The van der Waals surface area contributed by atoms with E-state index in [1.807, 2.05) is 6.92 Å². The van der Waals surface area contributed by atoms with Gasteiger partial charge in [-0.05, 0) is 6.42 Å². The first-order valence-corrected chi connectivity index (χ1v) is 3.73. The van der Waals surface area contributed by atoms with Gasteiger partial charge in [-0.1, -0.05) is 12.8 Å². The summed E-state index contributed by atoms with van der Waals surface area (Å²) in [6.45, 7) is 2.08. The minimum atomic E-state index is -0.711. The predicted octanol–water partition coefficient (Wildman–Crippen LogP) is -0.659. The van der Waals surface area contributed by atoms with Crippen molar-refractivity contribution in [2.24, 2.45) is 0 Å². The van der Waals surface area contributed by atoms with Gasteiger partial charge >= 0.3 is 0 Å². The van der Waals surface area contributed by atoms with Gasteiger partial charge in [0, 0.05) is 6.54 Å². The van der Waals surface area contributed by atoms with Gasteiger partial charge in [-0.3, -0.25) is 0 Å². The third kappa shape index (κ3) is 4.79. The molecule has 0 radical (unpaired) electrons. The Kier molecular flexibility index (Phi) is 5.86.